The summed E-state index contributed by atoms with van der Waals surface area (Å²) in [5, 5.41) is 14.4. The number of rotatable bonds is 5. The normalized spacial score (nSPS) is 12.1. The van der Waals surface area contributed by atoms with Crippen LogP contribution in [0.3, 0.4) is 0 Å². The van der Waals surface area contributed by atoms with Crippen LogP contribution in [0.5, 0.6) is 0 Å². The lowest BCUT2D eigenvalue weighted by atomic mass is 9.93. The van der Waals surface area contributed by atoms with Gasteiger partial charge < -0.3 is 9.84 Å². The molecule has 1 aromatic heterocycles. The minimum atomic E-state index is -1.09. The van der Waals surface area contributed by atoms with Crippen LogP contribution in [0, 0.1) is 0 Å². The van der Waals surface area contributed by atoms with Crippen molar-refractivity contribution in [2.24, 2.45) is 0 Å². The third-order valence-corrected chi connectivity index (χ3v) is 4.03. The van der Waals surface area contributed by atoms with E-state index >= 15 is 0 Å². The van der Waals surface area contributed by atoms with Gasteiger partial charge in [-0.25, -0.2) is 4.68 Å². The van der Waals surface area contributed by atoms with Gasteiger partial charge in [0.25, 0.3) is 5.56 Å². The molecule has 1 aromatic carbocycles. The summed E-state index contributed by atoms with van der Waals surface area (Å²) in [6.07, 6.45) is 0. The Morgan fingerprint density at radius 2 is 2.00 bits per heavy atom. The first-order valence-electron chi connectivity index (χ1n) is 7.49. The lowest BCUT2D eigenvalue weighted by molar-refractivity contribution is -0.138. The summed E-state index contributed by atoms with van der Waals surface area (Å²) >= 11 is 0. The van der Waals surface area contributed by atoms with Crippen molar-refractivity contribution in [3.8, 4) is 0 Å². The van der Waals surface area contributed by atoms with Crippen LogP contribution < -0.4 is 5.56 Å². The second-order valence-corrected chi connectivity index (χ2v) is 6.37. The highest BCUT2D eigenvalue weighted by atomic mass is 16.5. The summed E-state index contributed by atoms with van der Waals surface area (Å²) in [6.45, 7) is 7.38. The van der Waals surface area contributed by atoms with E-state index in [9.17, 15) is 9.59 Å². The highest BCUT2D eigenvalue weighted by molar-refractivity contribution is 5.85. The summed E-state index contributed by atoms with van der Waals surface area (Å²) in [6, 6.07) is 5.47. The van der Waals surface area contributed by atoms with Gasteiger partial charge in [0.05, 0.1) is 16.7 Å². The van der Waals surface area contributed by atoms with Gasteiger partial charge in [-0.1, -0.05) is 19.9 Å². The highest BCUT2D eigenvalue weighted by Gasteiger charge is 2.22. The Kier molecular flexibility index (Phi) is 4.56. The van der Waals surface area contributed by atoms with E-state index in [2.05, 4.69) is 5.10 Å². The molecule has 0 saturated heterocycles. The van der Waals surface area contributed by atoms with Crippen LogP contribution in [-0.2, 0) is 21.7 Å². The van der Waals surface area contributed by atoms with Gasteiger partial charge in [-0.05, 0) is 37.5 Å². The van der Waals surface area contributed by atoms with Crippen molar-refractivity contribution < 1.29 is 14.6 Å². The molecular weight excluding hydrogens is 296 g/mol. The summed E-state index contributed by atoms with van der Waals surface area (Å²) in [4.78, 5) is 23.4. The van der Waals surface area contributed by atoms with E-state index in [-0.39, 0.29) is 5.92 Å². The molecule has 0 aliphatic carbocycles. The number of aromatic nitrogens is 2. The molecule has 0 fully saturated rings. The lowest BCUT2D eigenvalue weighted by Gasteiger charge is -2.24. The van der Waals surface area contributed by atoms with Crippen LogP contribution in [0.1, 0.15) is 44.9 Å². The number of ether oxygens (including phenoxy) is 1. The zero-order chi connectivity index (χ0) is 17.4. The molecule has 6 nitrogen and oxygen atoms in total. The number of carbonyl (C=O) groups is 1. The van der Waals surface area contributed by atoms with Crippen LogP contribution in [0.4, 0.5) is 0 Å². The van der Waals surface area contributed by atoms with Gasteiger partial charge in [0.15, 0.2) is 0 Å². The smallest absolute Gasteiger partial charge is 0.325 e. The van der Waals surface area contributed by atoms with Crippen LogP contribution in [-0.4, -0.2) is 28.0 Å². The Morgan fingerprint density at radius 1 is 1.35 bits per heavy atom. The summed E-state index contributed by atoms with van der Waals surface area (Å²) in [5.74, 6) is -1.04. The molecule has 0 radical (unpaired) electrons. The van der Waals surface area contributed by atoms with E-state index in [1.807, 2.05) is 39.8 Å². The Bertz CT molecular complexity index is 806. The Hall–Kier alpha value is -2.21. The molecular formula is C17H22N2O4. The molecule has 0 spiro atoms. The Labute approximate surface area is 134 Å². The standard InChI is InChI=1S/C17H22N2O4/c1-10(2)15-13-8-11(17(3,4)23-5)6-7-12(13)16(22)19(18-15)9-14(20)21/h6-8,10H,9H2,1-5H3,(H,20,21). The van der Waals surface area contributed by atoms with Crippen LogP contribution >= 0.6 is 0 Å². The fourth-order valence-corrected chi connectivity index (χ4v) is 2.47. The van der Waals surface area contributed by atoms with Crippen molar-refractivity contribution in [1.29, 1.82) is 0 Å². The molecule has 0 bridgehead atoms. The van der Waals surface area contributed by atoms with Crippen molar-refractivity contribution in [3.63, 3.8) is 0 Å². The maximum atomic E-state index is 12.5. The van der Waals surface area contributed by atoms with Crippen molar-refractivity contribution in [2.45, 2.75) is 45.8 Å². The number of hydrogen-bond donors (Lipinski definition) is 1. The maximum Gasteiger partial charge on any atom is 0.325 e. The topological polar surface area (TPSA) is 81.4 Å². The first-order chi connectivity index (χ1) is 10.7. The van der Waals surface area contributed by atoms with Crippen molar-refractivity contribution in [2.75, 3.05) is 7.11 Å². The maximum absolute atomic E-state index is 12.5. The van der Waals surface area contributed by atoms with Crippen molar-refractivity contribution >= 4 is 16.7 Å². The van der Waals surface area contributed by atoms with E-state index < -0.39 is 23.7 Å². The Balaban J connectivity index is 2.79. The van der Waals surface area contributed by atoms with Crippen molar-refractivity contribution in [1.82, 2.24) is 9.78 Å². The molecule has 0 unspecified atom stereocenters. The fourth-order valence-electron chi connectivity index (χ4n) is 2.47. The second kappa shape index (κ2) is 6.12. The summed E-state index contributed by atoms with van der Waals surface area (Å²) in [5.41, 5.74) is 0.757. The number of hydrogen-bond acceptors (Lipinski definition) is 4. The molecule has 0 aliphatic rings. The third kappa shape index (κ3) is 3.27. The van der Waals surface area contributed by atoms with Crippen LogP contribution in [0.15, 0.2) is 23.0 Å². The van der Waals surface area contributed by atoms with Crippen LogP contribution in [0.2, 0.25) is 0 Å². The predicted octanol–water partition coefficient (Wildman–Crippen LogP) is 2.49. The number of benzene rings is 1. The predicted molar refractivity (Wildman–Crippen MR) is 87.8 cm³/mol. The molecule has 124 valence electrons. The summed E-state index contributed by atoms with van der Waals surface area (Å²) < 4.78 is 6.51. The van der Waals surface area contributed by atoms with E-state index in [0.717, 1.165) is 15.6 Å². The first-order valence-corrected chi connectivity index (χ1v) is 7.49. The minimum Gasteiger partial charge on any atom is -0.480 e. The molecule has 0 atom stereocenters. The van der Waals surface area contributed by atoms with Gasteiger partial charge in [0, 0.05) is 12.5 Å². The first kappa shape index (κ1) is 17.1. The molecule has 23 heavy (non-hydrogen) atoms. The van der Waals surface area contributed by atoms with Gasteiger partial charge >= 0.3 is 5.97 Å². The van der Waals surface area contributed by atoms with Gasteiger partial charge in [-0.2, -0.15) is 5.10 Å². The molecule has 2 rings (SSSR count). The van der Waals surface area contributed by atoms with E-state index in [0.29, 0.717) is 11.1 Å². The lowest BCUT2D eigenvalue weighted by Crippen LogP contribution is -2.28. The minimum absolute atomic E-state index is 0.0547. The number of aliphatic carboxylic acids is 1. The Morgan fingerprint density at radius 3 is 2.52 bits per heavy atom. The van der Waals surface area contributed by atoms with Gasteiger partial charge in [0.2, 0.25) is 0 Å². The van der Waals surface area contributed by atoms with E-state index in [1.54, 1.807) is 13.2 Å². The monoisotopic (exact) mass is 318 g/mol. The van der Waals surface area contributed by atoms with E-state index in [1.165, 1.54) is 0 Å². The quantitative estimate of drug-likeness (QED) is 0.916. The van der Waals surface area contributed by atoms with E-state index in [4.69, 9.17) is 9.84 Å². The zero-order valence-corrected chi connectivity index (χ0v) is 14.1. The van der Waals surface area contributed by atoms with Crippen molar-refractivity contribution in [3.05, 3.63) is 39.8 Å². The number of carboxylic acids is 1. The van der Waals surface area contributed by atoms with Gasteiger partial charge in [-0.15, -0.1) is 0 Å². The molecule has 0 saturated carbocycles. The third-order valence-electron chi connectivity index (χ3n) is 4.03. The number of carboxylic acid groups (broad SMARTS) is 1. The average Bonchev–Trinajstić information content (AvgIpc) is 2.48. The largest absolute Gasteiger partial charge is 0.480 e. The fraction of sp³-hybridized carbons (Fsp3) is 0.471. The average molecular weight is 318 g/mol. The van der Waals surface area contributed by atoms with Gasteiger partial charge in [-0.3, -0.25) is 9.59 Å². The number of nitrogens with zero attached hydrogens (tertiary/aromatic N) is 2. The molecule has 1 heterocycles. The second-order valence-electron chi connectivity index (χ2n) is 6.37. The summed E-state index contributed by atoms with van der Waals surface area (Å²) in [7, 11) is 1.64. The van der Waals surface area contributed by atoms with Crippen LogP contribution in [0.25, 0.3) is 10.8 Å². The molecule has 1 N–H and O–H groups in total. The number of fused-ring (bicyclic) bond motifs is 1. The molecule has 6 heteroatoms. The molecule has 0 amide bonds. The van der Waals surface area contributed by atoms with Gasteiger partial charge in [0.1, 0.15) is 6.54 Å². The number of methoxy groups -OCH3 is 1. The molecule has 0 aliphatic heterocycles. The SMILES string of the molecule is COC(C)(C)c1ccc2c(=O)n(CC(=O)O)nc(C(C)C)c2c1. The zero-order valence-electron chi connectivity index (χ0n) is 14.1. The molecule has 2 aromatic rings. The highest BCUT2D eigenvalue weighted by Crippen LogP contribution is 2.29.